The Morgan fingerprint density at radius 1 is 1.06 bits per heavy atom. The lowest BCUT2D eigenvalue weighted by Crippen LogP contribution is -2.62. The highest BCUT2D eigenvalue weighted by Crippen LogP contribution is 2.32. The molecule has 2 aromatic rings. The second-order valence-corrected chi connectivity index (χ2v) is 12.0. The number of carbonyl (C=O) groups is 1. The summed E-state index contributed by atoms with van der Waals surface area (Å²) in [5.41, 5.74) is 1.47. The monoisotopic (exact) mass is 483 g/mol. The van der Waals surface area contributed by atoms with Crippen LogP contribution >= 0.6 is 11.6 Å². The molecular weight excluding hydrogens is 462 g/mol. The number of hydrogen-bond acceptors (Lipinski definition) is 6. The van der Waals surface area contributed by atoms with E-state index in [0.29, 0.717) is 23.7 Å². The summed E-state index contributed by atoms with van der Waals surface area (Å²) in [6.45, 7) is 0.568. The number of halogens is 1. The molecular formula is C20H22ClN3O5S2. The average Bonchev–Trinajstić information content (AvgIpc) is 3.00. The van der Waals surface area contributed by atoms with Crippen LogP contribution in [-0.4, -0.2) is 64.3 Å². The first kappa shape index (κ1) is 22.2. The van der Waals surface area contributed by atoms with Crippen molar-refractivity contribution in [1.29, 1.82) is 0 Å². The molecule has 8 nitrogen and oxygen atoms in total. The van der Waals surface area contributed by atoms with Gasteiger partial charge >= 0.3 is 0 Å². The molecule has 2 aliphatic heterocycles. The third-order valence-electron chi connectivity index (χ3n) is 5.73. The number of amides is 1. The quantitative estimate of drug-likeness (QED) is 0.679. The van der Waals surface area contributed by atoms with Crippen LogP contribution in [0.4, 0.5) is 5.69 Å². The lowest BCUT2D eigenvalue weighted by Gasteiger charge is -2.43. The summed E-state index contributed by atoms with van der Waals surface area (Å²) in [6, 6.07) is 12.3. The first-order chi connectivity index (χ1) is 14.5. The Bertz CT molecular complexity index is 1220. The summed E-state index contributed by atoms with van der Waals surface area (Å²) in [7, 11) is -7.05. The highest BCUT2D eigenvalue weighted by molar-refractivity contribution is 7.91. The maximum atomic E-state index is 13.0. The molecule has 2 atom stereocenters. The minimum atomic E-state index is -3.76. The summed E-state index contributed by atoms with van der Waals surface area (Å²) in [5, 5.41) is 5.60. The van der Waals surface area contributed by atoms with Crippen LogP contribution in [0, 0.1) is 0 Å². The molecule has 0 aliphatic carbocycles. The highest BCUT2D eigenvalue weighted by Gasteiger charge is 2.49. The van der Waals surface area contributed by atoms with Gasteiger partial charge in [-0.15, -0.1) is 0 Å². The van der Waals surface area contributed by atoms with Gasteiger partial charge in [0.15, 0.2) is 9.84 Å². The van der Waals surface area contributed by atoms with Crippen molar-refractivity contribution in [3.8, 4) is 0 Å². The van der Waals surface area contributed by atoms with Gasteiger partial charge in [0.2, 0.25) is 15.9 Å². The van der Waals surface area contributed by atoms with Crippen LogP contribution in [0.3, 0.4) is 0 Å². The van der Waals surface area contributed by atoms with Gasteiger partial charge in [0, 0.05) is 23.3 Å². The van der Waals surface area contributed by atoms with Gasteiger partial charge in [0.25, 0.3) is 0 Å². The Morgan fingerprint density at radius 2 is 1.74 bits per heavy atom. The fourth-order valence-electron chi connectivity index (χ4n) is 4.28. The molecule has 11 heteroatoms. The SMILES string of the molecule is NS(=O)(=O)c1ccc(CCN2CC(=O)N(c3cccc(Cl)c3)C3CS(=O)(=O)CC32)cc1. The van der Waals surface area contributed by atoms with E-state index in [9.17, 15) is 21.6 Å². The van der Waals surface area contributed by atoms with Gasteiger partial charge in [0.05, 0.1) is 29.0 Å². The summed E-state index contributed by atoms with van der Waals surface area (Å²) >= 11 is 6.08. The van der Waals surface area contributed by atoms with E-state index < -0.39 is 25.9 Å². The van der Waals surface area contributed by atoms with Gasteiger partial charge in [-0.1, -0.05) is 29.8 Å². The van der Waals surface area contributed by atoms with Crippen molar-refractivity contribution < 1.29 is 21.6 Å². The third-order valence-corrected chi connectivity index (χ3v) is 8.59. The summed E-state index contributed by atoms with van der Waals surface area (Å²) < 4.78 is 47.7. The Labute approximate surface area is 186 Å². The number of primary sulfonamides is 1. The fourth-order valence-corrected chi connectivity index (χ4v) is 6.96. The molecule has 2 aromatic carbocycles. The van der Waals surface area contributed by atoms with E-state index in [1.54, 1.807) is 41.3 Å². The Hall–Kier alpha value is -1.98. The molecule has 0 bridgehead atoms. The topological polar surface area (TPSA) is 118 Å². The van der Waals surface area contributed by atoms with Gasteiger partial charge in [-0.25, -0.2) is 22.0 Å². The van der Waals surface area contributed by atoms with E-state index in [4.69, 9.17) is 16.7 Å². The minimum absolute atomic E-state index is 0.00757. The van der Waals surface area contributed by atoms with E-state index in [0.717, 1.165) is 5.56 Å². The summed E-state index contributed by atoms with van der Waals surface area (Å²) in [6.07, 6.45) is 0.540. The number of rotatable bonds is 5. The molecule has 2 saturated heterocycles. The van der Waals surface area contributed by atoms with E-state index in [-0.39, 0.29) is 34.9 Å². The predicted octanol–water partition coefficient (Wildman–Crippen LogP) is 1.04. The van der Waals surface area contributed by atoms with Crippen LogP contribution < -0.4 is 10.0 Å². The smallest absolute Gasteiger partial charge is 0.241 e. The second kappa shape index (κ2) is 8.18. The third kappa shape index (κ3) is 4.78. The van der Waals surface area contributed by atoms with Crippen molar-refractivity contribution in [3.63, 3.8) is 0 Å². The van der Waals surface area contributed by atoms with Crippen LogP contribution in [-0.2, 0) is 31.1 Å². The number of carbonyl (C=O) groups excluding carboxylic acids is 1. The molecule has 2 aliphatic rings. The molecule has 4 rings (SSSR count). The first-order valence-corrected chi connectivity index (χ1v) is 13.4. The molecule has 2 heterocycles. The van der Waals surface area contributed by atoms with Gasteiger partial charge in [-0.05, 0) is 42.3 Å². The van der Waals surface area contributed by atoms with Crippen LogP contribution in [0.15, 0.2) is 53.4 Å². The molecule has 0 radical (unpaired) electrons. The number of benzene rings is 2. The van der Waals surface area contributed by atoms with Crippen molar-refractivity contribution >= 4 is 43.1 Å². The molecule has 31 heavy (non-hydrogen) atoms. The van der Waals surface area contributed by atoms with Crippen molar-refractivity contribution in [2.75, 3.05) is 29.5 Å². The normalized spacial score (nSPS) is 23.7. The molecule has 0 aromatic heterocycles. The maximum absolute atomic E-state index is 13.0. The fraction of sp³-hybridized carbons (Fsp3) is 0.350. The molecule has 1 amide bonds. The Balaban J connectivity index is 1.54. The molecule has 166 valence electrons. The Kier molecular flexibility index (Phi) is 5.86. The highest BCUT2D eigenvalue weighted by atomic mass is 35.5. The van der Waals surface area contributed by atoms with Crippen LogP contribution in [0.1, 0.15) is 5.56 Å². The molecule has 0 spiro atoms. The second-order valence-electron chi connectivity index (χ2n) is 7.86. The summed E-state index contributed by atoms with van der Waals surface area (Å²) in [5.74, 6) is -0.271. The lowest BCUT2D eigenvalue weighted by atomic mass is 10.0. The van der Waals surface area contributed by atoms with Gasteiger partial charge < -0.3 is 4.90 Å². The van der Waals surface area contributed by atoms with E-state index in [1.807, 2.05) is 4.90 Å². The average molecular weight is 484 g/mol. The van der Waals surface area contributed by atoms with E-state index in [2.05, 4.69) is 0 Å². The van der Waals surface area contributed by atoms with Crippen molar-refractivity contribution in [3.05, 3.63) is 59.1 Å². The number of sulfone groups is 1. The molecule has 2 N–H and O–H groups in total. The van der Waals surface area contributed by atoms with Gasteiger partial charge in [0.1, 0.15) is 0 Å². The van der Waals surface area contributed by atoms with Crippen LogP contribution in [0.2, 0.25) is 5.02 Å². The number of anilines is 1. The first-order valence-electron chi connectivity index (χ1n) is 9.67. The number of hydrogen-bond donors (Lipinski definition) is 1. The van der Waals surface area contributed by atoms with Crippen molar-refractivity contribution in [2.45, 2.75) is 23.4 Å². The maximum Gasteiger partial charge on any atom is 0.241 e. The van der Waals surface area contributed by atoms with Crippen molar-refractivity contribution in [2.24, 2.45) is 5.14 Å². The van der Waals surface area contributed by atoms with E-state index in [1.165, 1.54) is 12.1 Å². The largest absolute Gasteiger partial charge is 0.306 e. The minimum Gasteiger partial charge on any atom is -0.306 e. The number of sulfonamides is 1. The molecule has 2 unspecified atom stereocenters. The molecule has 0 saturated carbocycles. The zero-order valence-corrected chi connectivity index (χ0v) is 18.9. The number of nitrogens with two attached hydrogens (primary N) is 1. The zero-order valence-electron chi connectivity index (χ0n) is 16.5. The predicted molar refractivity (Wildman–Crippen MR) is 118 cm³/mol. The van der Waals surface area contributed by atoms with Crippen LogP contribution in [0.5, 0.6) is 0 Å². The van der Waals surface area contributed by atoms with Gasteiger partial charge in [-0.2, -0.15) is 0 Å². The number of piperazine rings is 1. The van der Waals surface area contributed by atoms with Crippen molar-refractivity contribution in [1.82, 2.24) is 4.90 Å². The zero-order chi connectivity index (χ0) is 22.4. The number of nitrogens with zero attached hydrogens (tertiary/aromatic N) is 2. The summed E-state index contributed by atoms with van der Waals surface area (Å²) in [4.78, 5) is 16.5. The van der Waals surface area contributed by atoms with E-state index >= 15 is 0 Å². The Morgan fingerprint density at radius 3 is 2.39 bits per heavy atom. The van der Waals surface area contributed by atoms with Crippen LogP contribution in [0.25, 0.3) is 0 Å². The van der Waals surface area contributed by atoms with Gasteiger partial charge in [-0.3, -0.25) is 9.69 Å². The molecule has 2 fully saturated rings. The standard InChI is InChI=1S/C20H22ClN3O5S2/c21-15-2-1-3-16(10-15)24-19-13-30(26,27)12-18(19)23(11-20(24)25)9-8-14-4-6-17(7-5-14)31(22,28)29/h1-7,10,18-19H,8-9,11-13H2,(H2,22,28,29). The lowest BCUT2D eigenvalue weighted by molar-refractivity contribution is -0.123. The number of fused-ring (bicyclic) bond motifs is 1.